The number of halogens is 3. The minimum absolute atomic E-state index is 0.00565. The lowest BCUT2D eigenvalue weighted by molar-refractivity contribution is -0.151. The van der Waals surface area contributed by atoms with Crippen LogP contribution in [-0.4, -0.2) is 48.0 Å². The second-order valence-electron chi connectivity index (χ2n) is 10.3. The monoisotopic (exact) mass is 572 g/mol. The third-order valence-electron chi connectivity index (χ3n) is 7.62. The summed E-state index contributed by atoms with van der Waals surface area (Å²) in [5.74, 6) is 0.142. The van der Waals surface area contributed by atoms with Crippen molar-refractivity contribution >= 4 is 23.2 Å². The Morgan fingerprint density at radius 1 is 1.15 bits per heavy atom. The summed E-state index contributed by atoms with van der Waals surface area (Å²) in [5, 5.41) is 3.89. The van der Waals surface area contributed by atoms with Crippen LogP contribution >= 0.6 is 11.3 Å². The first-order valence-corrected chi connectivity index (χ1v) is 14.1. The predicted molar refractivity (Wildman–Crippen MR) is 146 cm³/mol. The number of likely N-dealkylation sites (tertiary alicyclic amines) is 1. The van der Waals surface area contributed by atoms with Crippen LogP contribution in [0.25, 0.3) is 11.1 Å². The Morgan fingerprint density at radius 2 is 1.85 bits per heavy atom. The molecule has 0 aliphatic carbocycles. The zero-order chi connectivity index (χ0) is 28.4. The van der Waals surface area contributed by atoms with Gasteiger partial charge in [-0.25, -0.2) is 4.98 Å². The summed E-state index contributed by atoms with van der Waals surface area (Å²) in [6, 6.07) is 10.3. The molecular weight excluding hydrogens is 541 g/mol. The van der Waals surface area contributed by atoms with Crippen molar-refractivity contribution < 1.29 is 27.5 Å². The van der Waals surface area contributed by atoms with Crippen molar-refractivity contribution in [3.8, 4) is 11.1 Å². The lowest BCUT2D eigenvalue weighted by Crippen LogP contribution is -2.47. The Kier molecular flexibility index (Phi) is 8.25. The maximum atomic E-state index is 13.3. The number of thiazole rings is 1. The first-order valence-electron chi connectivity index (χ1n) is 13.3. The second-order valence-corrected chi connectivity index (χ2v) is 11.3. The molecule has 3 aromatic rings. The Hall–Kier alpha value is -3.28. The van der Waals surface area contributed by atoms with E-state index in [1.165, 1.54) is 17.4 Å². The highest BCUT2D eigenvalue weighted by Gasteiger charge is 2.34. The number of carbonyl (C=O) groups excluding carboxylic acids is 2. The maximum absolute atomic E-state index is 13.3. The average molecular weight is 573 g/mol. The van der Waals surface area contributed by atoms with Gasteiger partial charge in [0.1, 0.15) is 4.88 Å². The van der Waals surface area contributed by atoms with Crippen LogP contribution in [0.3, 0.4) is 0 Å². The number of benzene rings is 2. The van der Waals surface area contributed by atoms with E-state index in [1.54, 1.807) is 30.5 Å². The molecule has 0 radical (unpaired) electrons. The number of carbonyl (C=O) groups is 2. The number of hydrogen-bond acceptors (Lipinski definition) is 6. The fourth-order valence-corrected chi connectivity index (χ4v) is 6.06. The van der Waals surface area contributed by atoms with Gasteiger partial charge in [0.05, 0.1) is 41.9 Å². The Balaban J connectivity index is 1.19. The van der Waals surface area contributed by atoms with Crippen LogP contribution in [0.5, 0.6) is 0 Å². The lowest BCUT2D eigenvalue weighted by atomic mass is 9.95. The predicted octanol–water partition coefficient (Wildman–Crippen LogP) is 5.13. The molecule has 5 rings (SSSR count). The molecule has 2 saturated heterocycles. The SMILES string of the molecule is C[C@@H](NC(=O)c1cnc(C2CCN(C(=O)C3COC3)CC2)s1)c1ccc(-c2cc(C(F)(F)F)ccc2CN)cc1. The van der Waals surface area contributed by atoms with Crippen molar-refractivity contribution in [1.29, 1.82) is 0 Å². The van der Waals surface area contributed by atoms with Gasteiger partial charge in [0, 0.05) is 25.6 Å². The molecule has 2 amide bonds. The molecule has 1 atom stereocenters. The molecule has 40 heavy (non-hydrogen) atoms. The van der Waals surface area contributed by atoms with Crippen LogP contribution in [0.1, 0.15) is 63.1 Å². The maximum Gasteiger partial charge on any atom is 0.416 e. The standard InChI is InChI=1S/C29H31F3N4O3S/c1-17(18-2-4-19(5-3-18)24-12-23(29(30,31)32)7-6-21(24)13-33)35-26(37)25-14-34-27(40-25)20-8-10-36(11-9-20)28(38)22-15-39-16-22/h2-7,12,14,17,20,22H,8-11,13,15-16,33H2,1H3,(H,35,37)/t17-/m1/s1. The van der Waals surface area contributed by atoms with E-state index >= 15 is 0 Å². The zero-order valence-corrected chi connectivity index (χ0v) is 22.9. The summed E-state index contributed by atoms with van der Waals surface area (Å²) < 4.78 is 44.9. The second kappa shape index (κ2) is 11.7. The number of ether oxygens (including phenoxy) is 1. The minimum Gasteiger partial charge on any atom is -0.380 e. The quantitative estimate of drug-likeness (QED) is 0.409. The van der Waals surface area contributed by atoms with Gasteiger partial charge in [0.15, 0.2) is 0 Å². The first-order chi connectivity index (χ1) is 19.1. The van der Waals surface area contributed by atoms with Crippen molar-refractivity contribution in [1.82, 2.24) is 15.2 Å². The molecule has 1 aromatic heterocycles. The normalized spacial score (nSPS) is 17.4. The lowest BCUT2D eigenvalue weighted by Gasteiger charge is -2.36. The molecule has 11 heteroatoms. The van der Waals surface area contributed by atoms with Gasteiger partial charge >= 0.3 is 6.18 Å². The number of hydrogen-bond donors (Lipinski definition) is 2. The fourth-order valence-electron chi connectivity index (χ4n) is 5.07. The van der Waals surface area contributed by atoms with Crippen LogP contribution < -0.4 is 11.1 Å². The Morgan fingerprint density at radius 3 is 2.45 bits per heavy atom. The Bertz CT molecular complexity index is 1360. The summed E-state index contributed by atoms with van der Waals surface area (Å²) >= 11 is 1.37. The summed E-state index contributed by atoms with van der Waals surface area (Å²) in [6.45, 7) is 4.35. The number of alkyl halides is 3. The third kappa shape index (κ3) is 6.06. The van der Waals surface area contributed by atoms with Crippen molar-refractivity contribution in [2.75, 3.05) is 26.3 Å². The van der Waals surface area contributed by atoms with Crippen molar-refractivity contribution in [2.24, 2.45) is 11.7 Å². The molecule has 0 bridgehead atoms. The van der Waals surface area contributed by atoms with Gasteiger partial charge in [0.25, 0.3) is 5.91 Å². The minimum atomic E-state index is -4.45. The van der Waals surface area contributed by atoms with Crippen LogP contribution in [0, 0.1) is 5.92 Å². The van der Waals surface area contributed by atoms with Gasteiger partial charge in [-0.2, -0.15) is 13.2 Å². The van der Waals surface area contributed by atoms with E-state index in [4.69, 9.17) is 10.5 Å². The van der Waals surface area contributed by atoms with E-state index in [0.29, 0.717) is 47.9 Å². The van der Waals surface area contributed by atoms with Gasteiger partial charge < -0.3 is 20.7 Å². The number of nitrogens with one attached hydrogen (secondary N) is 1. The van der Waals surface area contributed by atoms with Gasteiger partial charge in [0.2, 0.25) is 5.91 Å². The highest BCUT2D eigenvalue weighted by atomic mass is 32.1. The van der Waals surface area contributed by atoms with E-state index in [9.17, 15) is 22.8 Å². The summed E-state index contributed by atoms with van der Waals surface area (Å²) in [4.78, 5) is 32.3. The first kappa shape index (κ1) is 28.3. The summed E-state index contributed by atoms with van der Waals surface area (Å²) in [7, 11) is 0. The topological polar surface area (TPSA) is 97.5 Å². The Labute approximate surface area is 234 Å². The van der Waals surface area contributed by atoms with E-state index in [0.717, 1.165) is 35.5 Å². The smallest absolute Gasteiger partial charge is 0.380 e. The number of amides is 2. The van der Waals surface area contributed by atoms with Crippen molar-refractivity contribution in [3.63, 3.8) is 0 Å². The molecule has 7 nitrogen and oxygen atoms in total. The molecule has 2 aliphatic heterocycles. The molecule has 3 heterocycles. The van der Waals surface area contributed by atoms with Crippen LogP contribution in [-0.2, 0) is 22.3 Å². The van der Waals surface area contributed by atoms with Gasteiger partial charge in [-0.1, -0.05) is 30.3 Å². The molecule has 2 aromatic carbocycles. The number of aromatic nitrogens is 1. The molecule has 0 spiro atoms. The van der Waals surface area contributed by atoms with Gasteiger partial charge in [-0.15, -0.1) is 11.3 Å². The molecule has 0 unspecified atom stereocenters. The zero-order valence-electron chi connectivity index (χ0n) is 22.0. The van der Waals surface area contributed by atoms with Crippen molar-refractivity contribution in [2.45, 2.75) is 44.4 Å². The highest BCUT2D eigenvalue weighted by molar-refractivity contribution is 7.13. The van der Waals surface area contributed by atoms with Gasteiger partial charge in [-0.05, 0) is 54.2 Å². The van der Waals surface area contributed by atoms with Crippen LogP contribution in [0.2, 0.25) is 0 Å². The molecular formula is C29H31F3N4O3S. The van der Waals surface area contributed by atoms with Crippen LogP contribution in [0.4, 0.5) is 13.2 Å². The van der Waals surface area contributed by atoms with Crippen molar-refractivity contribution in [3.05, 3.63) is 75.2 Å². The molecule has 3 N–H and O–H groups in total. The summed E-state index contributed by atoms with van der Waals surface area (Å²) in [5.41, 5.74) is 7.53. The summed E-state index contributed by atoms with van der Waals surface area (Å²) in [6.07, 6.45) is -1.22. The molecule has 2 fully saturated rings. The van der Waals surface area contributed by atoms with Gasteiger partial charge in [-0.3, -0.25) is 9.59 Å². The van der Waals surface area contributed by atoms with E-state index < -0.39 is 11.7 Å². The molecule has 212 valence electrons. The van der Waals surface area contributed by atoms with E-state index in [2.05, 4.69) is 10.3 Å². The fraction of sp³-hybridized carbons (Fsp3) is 0.414. The van der Waals surface area contributed by atoms with Crippen LogP contribution in [0.15, 0.2) is 48.7 Å². The molecule has 0 saturated carbocycles. The number of nitrogens with two attached hydrogens (primary N) is 1. The largest absolute Gasteiger partial charge is 0.416 e. The molecule has 2 aliphatic rings. The third-order valence-corrected chi connectivity index (χ3v) is 8.78. The van der Waals surface area contributed by atoms with E-state index in [-0.39, 0.29) is 36.2 Å². The highest BCUT2D eigenvalue weighted by Crippen LogP contribution is 2.35. The number of piperidine rings is 1. The van der Waals surface area contributed by atoms with E-state index in [1.807, 2.05) is 11.8 Å². The number of rotatable bonds is 7. The average Bonchev–Trinajstić information content (AvgIpc) is 3.42. The number of nitrogens with zero attached hydrogens (tertiary/aromatic N) is 2.